The number of carbonyl (C=O) groups is 1. The molecule has 0 atom stereocenters. The van der Waals surface area contributed by atoms with Crippen molar-refractivity contribution in [2.75, 3.05) is 0 Å². The van der Waals surface area contributed by atoms with Crippen LogP contribution in [0.1, 0.15) is 56.1 Å². The molecule has 2 heteroatoms. The van der Waals surface area contributed by atoms with Crippen LogP contribution in [0.15, 0.2) is 18.2 Å². The Hall–Kier alpha value is -1.31. The molecule has 1 amide bonds. The lowest BCUT2D eigenvalue weighted by molar-refractivity contribution is 0.0730. The minimum atomic E-state index is 0.0978. The molecular formula is C15H21NO. The van der Waals surface area contributed by atoms with E-state index in [1.54, 1.807) is 0 Å². The molecule has 0 saturated carbocycles. The van der Waals surface area contributed by atoms with Gasteiger partial charge < -0.3 is 4.90 Å². The van der Waals surface area contributed by atoms with Crippen LogP contribution in [-0.2, 0) is 12.0 Å². The molecule has 2 rings (SSSR count). The first-order chi connectivity index (χ1) is 7.80. The van der Waals surface area contributed by atoms with Gasteiger partial charge >= 0.3 is 0 Å². The zero-order valence-electron chi connectivity index (χ0n) is 11.4. The number of amides is 1. The fourth-order valence-corrected chi connectivity index (χ4v) is 2.21. The molecule has 17 heavy (non-hydrogen) atoms. The smallest absolute Gasteiger partial charge is 0.254 e. The molecule has 0 N–H and O–H groups in total. The van der Waals surface area contributed by atoms with Crippen molar-refractivity contribution in [2.24, 2.45) is 0 Å². The van der Waals surface area contributed by atoms with E-state index in [2.05, 4.69) is 52.8 Å². The van der Waals surface area contributed by atoms with Crippen molar-refractivity contribution in [3.63, 3.8) is 0 Å². The topological polar surface area (TPSA) is 20.3 Å². The van der Waals surface area contributed by atoms with Crippen LogP contribution in [0.2, 0.25) is 0 Å². The Bertz CT molecular complexity index is 454. The predicted molar refractivity (Wildman–Crippen MR) is 70.2 cm³/mol. The zero-order valence-corrected chi connectivity index (χ0v) is 11.4. The zero-order chi connectivity index (χ0) is 12.8. The normalized spacial score (nSPS) is 15.6. The van der Waals surface area contributed by atoms with Crippen molar-refractivity contribution >= 4 is 5.91 Å². The molecule has 1 aliphatic heterocycles. The summed E-state index contributed by atoms with van der Waals surface area (Å²) in [6, 6.07) is 6.60. The standard InChI is InChI=1S/C15H21NO/c1-10(2)16-9-11-6-7-12(15(3,4)5)8-13(11)14(16)17/h6-8,10H,9H2,1-5H3. The lowest BCUT2D eigenvalue weighted by Gasteiger charge is -2.20. The van der Waals surface area contributed by atoms with Gasteiger partial charge in [0.2, 0.25) is 0 Å². The second kappa shape index (κ2) is 3.86. The predicted octanol–water partition coefficient (Wildman–Crippen LogP) is 3.35. The summed E-state index contributed by atoms with van der Waals surface area (Å²) in [5.74, 6) is 0.182. The number of hydrogen-bond donors (Lipinski definition) is 0. The lowest BCUT2D eigenvalue weighted by atomic mass is 9.85. The summed E-state index contributed by atoms with van der Waals surface area (Å²) in [7, 11) is 0. The number of carbonyl (C=O) groups excluding carboxylic acids is 1. The molecule has 0 fully saturated rings. The molecule has 0 aliphatic carbocycles. The Morgan fingerprint density at radius 1 is 1.24 bits per heavy atom. The highest BCUT2D eigenvalue weighted by molar-refractivity contribution is 5.98. The van der Waals surface area contributed by atoms with Gasteiger partial charge in [0, 0.05) is 18.2 Å². The van der Waals surface area contributed by atoms with Crippen molar-refractivity contribution in [2.45, 2.75) is 52.6 Å². The second-order valence-electron chi connectivity index (χ2n) is 6.15. The summed E-state index contributed by atoms with van der Waals surface area (Å²) >= 11 is 0. The fraction of sp³-hybridized carbons (Fsp3) is 0.533. The van der Waals surface area contributed by atoms with Crippen LogP contribution in [0.25, 0.3) is 0 Å². The van der Waals surface area contributed by atoms with E-state index in [1.165, 1.54) is 5.56 Å². The van der Waals surface area contributed by atoms with Gasteiger partial charge in [-0.3, -0.25) is 4.79 Å². The molecule has 1 aliphatic rings. The van der Waals surface area contributed by atoms with Gasteiger partial charge in [0.15, 0.2) is 0 Å². The summed E-state index contributed by atoms with van der Waals surface area (Å²) in [6.07, 6.45) is 0. The van der Waals surface area contributed by atoms with Crippen LogP contribution in [-0.4, -0.2) is 16.8 Å². The number of benzene rings is 1. The number of hydrogen-bond acceptors (Lipinski definition) is 1. The molecule has 1 aromatic rings. The maximum Gasteiger partial charge on any atom is 0.254 e. The summed E-state index contributed by atoms with van der Waals surface area (Å²) < 4.78 is 0. The average molecular weight is 231 g/mol. The van der Waals surface area contributed by atoms with Crippen molar-refractivity contribution < 1.29 is 4.79 Å². The summed E-state index contributed by atoms with van der Waals surface area (Å²) in [5, 5.41) is 0. The van der Waals surface area contributed by atoms with Gasteiger partial charge in [-0.15, -0.1) is 0 Å². The highest BCUT2D eigenvalue weighted by Crippen LogP contribution is 2.30. The van der Waals surface area contributed by atoms with Gasteiger partial charge in [-0.1, -0.05) is 32.9 Å². The number of fused-ring (bicyclic) bond motifs is 1. The first kappa shape index (κ1) is 12.2. The Balaban J connectivity index is 2.41. The molecule has 0 unspecified atom stereocenters. The van der Waals surface area contributed by atoms with Gasteiger partial charge in [0.05, 0.1) is 0 Å². The van der Waals surface area contributed by atoms with E-state index in [-0.39, 0.29) is 17.4 Å². The van der Waals surface area contributed by atoms with Crippen molar-refractivity contribution in [3.05, 3.63) is 34.9 Å². The van der Waals surface area contributed by atoms with Gasteiger partial charge in [-0.25, -0.2) is 0 Å². The molecule has 1 heterocycles. The monoisotopic (exact) mass is 231 g/mol. The van der Waals surface area contributed by atoms with Gasteiger partial charge in [-0.2, -0.15) is 0 Å². The summed E-state index contributed by atoms with van der Waals surface area (Å²) in [5.41, 5.74) is 3.39. The van der Waals surface area contributed by atoms with Crippen LogP contribution in [0.4, 0.5) is 0 Å². The lowest BCUT2D eigenvalue weighted by Crippen LogP contribution is -2.30. The van der Waals surface area contributed by atoms with Crippen molar-refractivity contribution in [1.82, 2.24) is 4.90 Å². The van der Waals surface area contributed by atoms with Crippen LogP contribution >= 0.6 is 0 Å². The fourth-order valence-electron chi connectivity index (χ4n) is 2.21. The summed E-state index contributed by atoms with van der Waals surface area (Å²) in [6.45, 7) is 11.4. The quantitative estimate of drug-likeness (QED) is 0.726. The molecule has 0 radical (unpaired) electrons. The molecule has 0 bridgehead atoms. The van der Waals surface area contributed by atoms with Crippen molar-refractivity contribution in [3.8, 4) is 0 Å². The van der Waals surface area contributed by atoms with E-state index >= 15 is 0 Å². The van der Waals surface area contributed by atoms with E-state index < -0.39 is 0 Å². The minimum absolute atomic E-state index is 0.0978. The molecule has 0 spiro atoms. The Morgan fingerprint density at radius 3 is 2.41 bits per heavy atom. The van der Waals surface area contributed by atoms with Crippen LogP contribution < -0.4 is 0 Å². The SMILES string of the molecule is CC(C)N1Cc2ccc(C(C)(C)C)cc2C1=O. The van der Waals surface area contributed by atoms with Gasteiger partial charge in [-0.05, 0) is 36.5 Å². The third kappa shape index (κ3) is 2.08. The Labute approximate surface area is 104 Å². The largest absolute Gasteiger partial charge is 0.332 e. The maximum absolute atomic E-state index is 12.2. The highest BCUT2D eigenvalue weighted by atomic mass is 16.2. The molecule has 0 saturated heterocycles. The highest BCUT2D eigenvalue weighted by Gasteiger charge is 2.30. The molecule has 1 aromatic carbocycles. The molecular weight excluding hydrogens is 210 g/mol. The first-order valence-electron chi connectivity index (χ1n) is 6.25. The van der Waals surface area contributed by atoms with Crippen LogP contribution in [0.5, 0.6) is 0 Å². The van der Waals surface area contributed by atoms with E-state index in [9.17, 15) is 4.79 Å². The molecule has 92 valence electrons. The third-order valence-corrected chi connectivity index (χ3v) is 3.43. The Morgan fingerprint density at radius 2 is 1.88 bits per heavy atom. The first-order valence-corrected chi connectivity index (χ1v) is 6.25. The van der Waals surface area contributed by atoms with E-state index in [4.69, 9.17) is 0 Å². The van der Waals surface area contributed by atoms with E-state index in [0.29, 0.717) is 0 Å². The Kier molecular flexibility index (Phi) is 2.76. The van der Waals surface area contributed by atoms with Crippen LogP contribution in [0.3, 0.4) is 0 Å². The molecule has 0 aromatic heterocycles. The maximum atomic E-state index is 12.2. The van der Waals surface area contributed by atoms with E-state index in [1.807, 2.05) is 4.90 Å². The van der Waals surface area contributed by atoms with Gasteiger partial charge in [0.25, 0.3) is 5.91 Å². The number of nitrogens with zero attached hydrogens (tertiary/aromatic N) is 1. The van der Waals surface area contributed by atoms with E-state index in [0.717, 1.165) is 17.7 Å². The third-order valence-electron chi connectivity index (χ3n) is 3.43. The van der Waals surface area contributed by atoms with Crippen molar-refractivity contribution in [1.29, 1.82) is 0 Å². The molecule has 2 nitrogen and oxygen atoms in total. The summed E-state index contributed by atoms with van der Waals surface area (Å²) in [4.78, 5) is 14.2. The second-order valence-corrected chi connectivity index (χ2v) is 6.15. The minimum Gasteiger partial charge on any atom is -0.332 e. The van der Waals surface area contributed by atoms with Crippen LogP contribution in [0, 0.1) is 0 Å². The van der Waals surface area contributed by atoms with Gasteiger partial charge in [0.1, 0.15) is 0 Å². The number of rotatable bonds is 1. The average Bonchev–Trinajstić information content (AvgIpc) is 2.54.